The van der Waals surface area contributed by atoms with E-state index in [-0.39, 0.29) is 17.0 Å². The van der Waals surface area contributed by atoms with Gasteiger partial charge in [-0.2, -0.15) is 0 Å². The Morgan fingerprint density at radius 1 is 1.38 bits per heavy atom. The van der Waals surface area contributed by atoms with Crippen molar-refractivity contribution in [2.45, 2.75) is 44.8 Å². The Bertz CT molecular complexity index is 685. The zero-order valence-electron chi connectivity index (χ0n) is 11.7. The summed E-state index contributed by atoms with van der Waals surface area (Å²) in [6.45, 7) is 1.77. The molecule has 0 aliphatic heterocycles. The quantitative estimate of drug-likeness (QED) is 0.806. The highest BCUT2D eigenvalue weighted by molar-refractivity contribution is 7.20. The molecule has 0 spiro atoms. The number of aliphatic hydroxyl groups is 1. The third kappa shape index (κ3) is 2.58. The molecule has 1 fully saturated rings. The van der Waals surface area contributed by atoms with Gasteiger partial charge in [0.25, 0.3) is 0 Å². The van der Waals surface area contributed by atoms with Crippen molar-refractivity contribution in [1.29, 1.82) is 0 Å². The lowest BCUT2D eigenvalue weighted by Gasteiger charge is -2.28. The SMILES string of the molecule is Cc1c(C(=O)O)sc2ncnc(NC3CCCCC3O)c12. The monoisotopic (exact) mass is 307 g/mol. The van der Waals surface area contributed by atoms with E-state index in [4.69, 9.17) is 0 Å². The van der Waals surface area contributed by atoms with Crippen LogP contribution >= 0.6 is 11.3 Å². The number of carbonyl (C=O) groups is 1. The van der Waals surface area contributed by atoms with E-state index in [1.54, 1.807) is 6.92 Å². The first-order valence-electron chi connectivity index (χ1n) is 7.00. The summed E-state index contributed by atoms with van der Waals surface area (Å²) in [6.07, 6.45) is 4.84. The van der Waals surface area contributed by atoms with E-state index in [0.717, 1.165) is 42.4 Å². The molecule has 0 amide bonds. The number of nitrogens with one attached hydrogen (secondary N) is 1. The number of carboxylic acid groups (broad SMARTS) is 1. The number of thiophene rings is 1. The molecule has 7 heteroatoms. The Morgan fingerprint density at radius 3 is 2.86 bits per heavy atom. The fourth-order valence-electron chi connectivity index (χ4n) is 2.84. The predicted octanol–water partition coefficient (Wildman–Crippen LogP) is 2.41. The Morgan fingerprint density at radius 2 is 2.14 bits per heavy atom. The zero-order valence-corrected chi connectivity index (χ0v) is 12.5. The average Bonchev–Trinajstić information content (AvgIpc) is 2.80. The summed E-state index contributed by atoms with van der Waals surface area (Å²) in [7, 11) is 0. The molecule has 1 saturated carbocycles. The van der Waals surface area contributed by atoms with Crippen molar-refractivity contribution in [2.24, 2.45) is 0 Å². The Balaban J connectivity index is 2.00. The summed E-state index contributed by atoms with van der Waals surface area (Å²) in [6, 6.07) is -0.0376. The Hall–Kier alpha value is -1.73. The molecule has 2 aromatic rings. The number of aliphatic hydroxyl groups excluding tert-OH is 1. The number of aryl methyl sites for hydroxylation is 1. The molecule has 2 aromatic heterocycles. The first-order chi connectivity index (χ1) is 10.1. The van der Waals surface area contributed by atoms with Gasteiger partial charge in [0.05, 0.1) is 17.5 Å². The number of aromatic nitrogens is 2. The van der Waals surface area contributed by atoms with Crippen LogP contribution in [0.15, 0.2) is 6.33 Å². The van der Waals surface area contributed by atoms with Crippen LogP contribution in [0.4, 0.5) is 5.82 Å². The molecular formula is C14H17N3O3S. The number of rotatable bonds is 3. The van der Waals surface area contributed by atoms with Crippen molar-refractivity contribution < 1.29 is 15.0 Å². The number of hydrogen-bond donors (Lipinski definition) is 3. The molecular weight excluding hydrogens is 290 g/mol. The minimum atomic E-state index is -0.945. The maximum atomic E-state index is 11.2. The minimum Gasteiger partial charge on any atom is -0.477 e. The van der Waals surface area contributed by atoms with Crippen LogP contribution in [-0.4, -0.2) is 38.3 Å². The predicted molar refractivity (Wildman–Crippen MR) is 81.0 cm³/mol. The van der Waals surface area contributed by atoms with E-state index in [0.29, 0.717) is 16.2 Å². The van der Waals surface area contributed by atoms with Crippen molar-refractivity contribution in [3.63, 3.8) is 0 Å². The van der Waals surface area contributed by atoms with Crippen LogP contribution in [0.1, 0.15) is 40.9 Å². The number of fused-ring (bicyclic) bond motifs is 1. The van der Waals surface area contributed by atoms with Crippen LogP contribution in [0.25, 0.3) is 10.2 Å². The van der Waals surface area contributed by atoms with E-state index < -0.39 is 5.97 Å². The Labute approximate surface area is 125 Å². The molecule has 0 saturated heterocycles. The number of anilines is 1. The van der Waals surface area contributed by atoms with Crippen LogP contribution in [0.2, 0.25) is 0 Å². The second-order valence-corrected chi connectivity index (χ2v) is 6.37. The van der Waals surface area contributed by atoms with Gasteiger partial charge in [0, 0.05) is 0 Å². The van der Waals surface area contributed by atoms with Gasteiger partial charge in [-0.1, -0.05) is 12.8 Å². The highest BCUT2D eigenvalue weighted by Gasteiger charge is 2.25. The van der Waals surface area contributed by atoms with E-state index in [2.05, 4.69) is 15.3 Å². The third-order valence-corrected chi connectivity index (χ3v) is 5.16. The maximum Gasteiger partial charge on any atom is 0.346 e. The summed E-state index contributed by atoms with van der Waals surface area (Å²) < 4.78 is 0. The van der Waals surface area contributed by atoms with Crippen LogP contribution < -0.4 is 5.32 Å². The van der Waals surface area contributed by atoms with Crippen molar-refractivity contribution >= 4 is 33.3 Å². The van der Waals surface area contributed by atoms with Crippen LogP contribution in [0.3, 0.4) is 0 Å². The lowest BCUT2D eigenvalue weighted by molar-refractivity contribution is 0.0701. The van der Waals surface area contributed by atoms with Crippen LogP contribution in [0.5, 0.6) is 0 Å². The van der Waals surface area contributed by atoms with Crippen molar-refractivity contribution in [1.82, 2.24) is 9.97 Å². The lowest BCUT2D eigenvalue weighted by Crippen LogP contribution is -2.36. The van der Waals surface area contributed by atoms with Crippen LogP contribution in [0, 0.1) is 6.92 Å². The zero-order chi connectivity index (χ0) is 15.0. The van der Waals surface area contributed by atoms with Crippen LogP contribution in [-0.2, 0) is 0 Å². The molecule has 112 valence electrons. The molecule has 3 N–H and O–H groups in total. The van der Waals surface area contributed by atoms with Gasteiger partial charge in [0.2, 0.25) is 0 Å². The van der Waals surface area contributed by atoms with Gasteiger partial charge in [0.1, 0.15) is 21.9 Å². The normalized spacial score (nSPS) is 22.4. The van der Waals surface area contributed by atoms with Crippen molar-refractivity contribution in [3.05, 3.63) is 16.8 Å². The molecule has 2 unspecified atom stereocenters. The van der Waals surface area contributed by atoms with Crippen molar-refractivity contribution in [2.75, 3.05) is 5.32 Å². The number of aromatic carboxylic acids is 1. The smallest absolute Gasteiger partial charge is 0.346 e. The van der Waals surface area contributed by atoms with Gasteiger partial charge in [-0.3, -0.25) is 0 Å². The summed E-state index contributed by atoms with van der Waals surface area (Å²) in [5.74, 6) is -0.327. The molecule has 1 aliphatic carbocycles. The van der Waals surface area contributed by atoms with Gasteiger partial charge in [-0.25, -0.2) is 14.8 Å². The molecule has 2 heterocycles. The fourth-order valence-corrected chi connectivity index (χ4v) is 3.83. The summed E-state index contributed by atoms with van der Waals surface area (Å²) in [4.78, 5) is 20.6. The highest BCUT2D eigenvalue weighted by Crippen LogP contribution is 2.34. The van der Waals surface area contributed by atoms with Gasteiger partial charge in [-0.15, -0.1) is 11.3 Å². The molecule has 1 aliphatic rings. The summed E-state index contributed by atoms with van der Waals surface area (Å²) in [5.41, 5.74) is 0.677. The molecule has 3 rings (SSSR count). The summed E-state index contributed by atoms with van der Waals surface area (Å²) >= 11 is 1.16. The average molecular weight is 307 g/mol. The number of carboxylic acids is 1. The molecule has 6 nitrogen and oxygen atoms in total. The molecule has 2 atom stereocenters. The van der Waals surface area contributed by atoms with Gasteiger partial charge < -0.3 is 15.5 Å². The largest absolute Gasteiger partial charge is 0.477 e. The minimum absolute atomic E-state index is 0.0376. The maximum absolute atomic E-state index is 11.2. The second-order valence-electron chi connectivity index (χ2n) is 5.37. The Kier molecular flexibility index (Phi) is 3.77. The topological polar surface area (TPSA) is 95.3 Å². The standard InChI is InChI=1S/C14H17N3O3S/c1-7-10-12(17-8-4-2-3-5-9(8)18)15-6-16-13(10)21-11(7)14(19)20/h6,8-9,18H,2-5H2,1H3,(H,19,20)(H,15,16,17). The van der Waals surface area contributed by atoms with Gasteiger partial charge >= 0.3 is 5.97 Å². The fraction of sp³-hybridized carbons (Fsp3) is 0.500. The number of hydrogen-bond acceptors (Lipinski definition) is 6. The number of nitrogens with zero attached hydrogens (tertiary/aromatic N) is 2. The molecule has 21 heavy (non-hydrogen) atoms. The third-order valence-electron chi connectivity index (χ3n) is 3.97. The first kappa shape index (κ1) is 14.2. The van der Waals surface area contributed by atoms with E-state index in [1.165, 1.54) is 6.33 Å². The van der Waals surface area contributed by atoms with E-state index >= 15 is 0 Å². The van der Waals surface area contributed by atoms with Gasteiger partial charge in [0.15, 0.2) is 0 Å². The highest BCUT2D eigenvalue weighted by atomic mass is 32.1. The van der Waals surface area contributed by atoms with Crippen molar-refractivity contribution in [3.8, 4) is 0 Å². The van der Waals surface area contributed by atoms with Gasteiger partial charge in [-0.05, 0) is 25.3 Å². The van der Waals surface area contributed by atoms with E-state index in [1.807, 2.05) is 0 Å². The van der Waals surface area contributed by atoms with E-state index in [9.17, 15) is 15.0 Å². The second kappa shape index (κ2) is 5.57. The molecule has 0 radical (unpaired) electrons. The molecule has 0 bridgehead atoms. The lowest BCUT2D eigenvalue weighted by atomic mass is 9.92. The first-order valence-corrected chi connectivity index (χ1v) is 7.81. The molecule has 0 aromatic carbocycles. The summed E-state index contributed by atoms with van der Waals surface area (Å²) in [5, 5.41) is 23.3.